The molecule has 184 valence electrons. The highest BCUT2D eigenvalue weighted by molar-refractivity contribution is 7.89. The van der Waals surface area contributed by atoms with Crippen molar-refractivity contribution >= 4 is 22.0 Å². The molecular weight excluding hydrogens is 444 g/mol. The second-order valence-electron chi connectivity index (χ2n) is 9.05. The molecule has 0 bridgehead atoms. The first-order valence-electron chi connectivity index (χ1n) is 11.6. The quantitative estimate of drug-likeness (QED) is 0.672. The van der Waals surface area contributed by atoms with E-state index in [2.05, 4.69) is 0 Å². The van der Waals surface area contributed by atoms with E-state index >= 15 is 0 Å². The van der Waals surface area contributed by atoms with Gasteiger partial charge in [-0.3, -0.25) is 4.79 Å². The molecule has 1 N–H and O–H groups in total. The third-order valence-electron chi connectivity index (χ3n) is 6.45. The first-order valence-corrected chi connectivity index (χ1v) is 13.0. The Kier molecular flexibility index (Phi) is 8.55. The number of likely N-dealkylation sites (N-methyl/N-ethyl adjacent to an activating group) is 1. The van der Waals surface area contributed by atoms with Gasteiger partial charge < -0.3 is 19.5 Å². The molecule has 0 aliphatic carbocycles. The average molecular weight is 481 g/mol. The second kappa shape index (κ2) is 11.0. The maximum Gasteiger partial charge on any atom is 0.247 e. The average Bonchev–Trinajstić information content (AvgIpc) is 2.81. The first-order chi connectivity index (χ1) is 15.7. The predicted octanol–water partition coefficient (Wildman–Crippen LogP) is 2.37. The van der Waals surface area contributed by atoms with E-state index in [-0.39, 0.29) is 41.5 Å². The van der Waals surface area contributed by atoms with Crippen LogP contribution in [0.2, 0.25) is 0 Å². The van der Waals surface area contributed by atoms with Crippen LogP contribution < -0.4 is 4.74 Å². The number of ether oxygens (including phenoxy) is 2. The maximum atomic E-state index is 13.5. The molecule has 33 heavy (non-hydrogen) atoms. The molecule has 1 amide bonds. The van der Waals surface area contributed by atoms with Gasteiger partial charge >= 0.3 is 0 Å². The van der Waals surface area contributed by atoms with E-state index in [1.54, 1.807) is 37.1 Å². The van der Waals surface area contributed by atoms with Gasteiger partial charge in [-0.05, 0) is 44.4 Å². The molecule has 9 heteroatoms. The van der Waals surface area contributed by atoms with Crippen LogP contribution in [0.4, 0.5) is 0 Å². The number of benzene rings is 1. The van der Waals surface area contributed by atoms with E-state index in [0.29, 0.717) is 32.6 Å². The van der Waals surface area contributed by atoms with Crippen molar-refractivity contribution in [3.63, 3.8) is 0 Å². The van der Waals surface area contributed by atoms with Crippen molar-refractivity contribution in [1.82, 2.24) is 9.21 Å². The number of hydrogen-bond acceptors (Lipinski definition) is 6. The highest BCUT2D eigenvalue weighted by Gasteiger charge is 2.38. The smallest absolute Gasteiger partial charge is 0.247 e. The minimum Gasteiger partial charge on any atom is -0.487 e. The normalized spacial score (nSPS) is 25.0. The van der Waals surface area contributed by atoms with Crippen LogP contribution in [0.5, 0.6) is 5.75 Å². The van der Waals surface area contributed by atoms with E-state index in [9.17, 15) is 18.3 Å². The van der Waals surface area contributed by atoms with Gasteiger partial charge in [0.05, 0.1) is 13.2 Å². The van der Waals surface area contributed by atoms with Crippen LogP contribution in [-0.2, 0) is 19.6 Å². The number of aliphatic hydroxyl groups is 1. The summed E-state index contributed by atoms with van der Waals surface area (Å²) in [6, 6.07) is 4.43. The van der Waals surface area contributed by atoms with E-state index in [1.807, 2.05) is 26.0 Å². The first kappa shape index (κ1) is 25.7. The predicted molar refractivity (Wildman–Crippen MR) is 126 cm³/mol. The van der Waals surface area contributed by atoms with Crippen LogP contribution in [0.3, 0.4) is 0 Å². The van der Waals surface area contributed by atoms with Crippen molar-refractivity contribution in [1.29, 1.82) is 0 Å². The molecule has 8 nitrogen and oxygen atoms in total. The Labute approximate surface area is 197 Å². The lowest BCUT2D eigenvalue weighted by molar-refractivity contribution is -0.138. The molecule has 1 saturated heterocycles. The summed E-state index contributed by atoms with van der Waals surface area (Å²) < 4.78 is 40.0. The Balaban J connectivity index is 1.95. The van der Waals surface area contributed by atoms with Crippen molar-refractivity contribution < 1.29 is 27.8 Å². The lowest BCUT2D eigenvalue weighted by Crippen LogP contribution is -2.50. The fourth-order valence-electron chi connectivity index (χ4n) is 4.37. The molecular formula is C24H36N2O6S. The van der Waals surface area contributed by atoms with Crippen molar-refractivity contribution in [3.05, 3.63) is 29.8 Å². The molecule has 1 fully saturated rings. The summed E-state index contributed by atoms with van der Waals surface area (Å²) in [4.78, 5) is 14.8. The van der Waals surface area contributed by atoms with Crippen LogP contribution in [0.15, 0.2) is 29.2 Å². The zero-order valence-electron chi connectivity index (χ0n) is 19.9. The SMILES string of the molecule is C/C=C/c1ccc2c(c1)O[C@@H](CN(C)C(=O)C1CCOCC1)[C@H](C)CN([C@@H](C)CO)S2(=O)=O. The highest BCUT2D eigenvalue weighted by atomic mass is 32.2. The lowest BCUT2D eigenvalue weighted by Gasteiger charge is -2.38. The second-order valence-corrected chi connectivity index (χ2v) is 10.9. The summed E-state index contributed by atoms with van der Waals surface area (Å²) in [6.07, 6.45) is 4.75. The Morgan fingerprint density at radius 2 is 2.03 bits per heavy atom. The van der Waals surface area contributed by atoms with Crippen molar-refractivity contribution in [3.8, 4) is 5.75 Å². The summed E-state index contributed by atoms with van der Waals surface area (Å²) in [6.45, 7) is 6.92. The van der Waals surface area contributed by atoms with Gasteiger partial charge in [0.15, 0.2) is 0 Å². The zero-order valence-corrected chi connectivity index (χ0v) is 20.8. The summed E-state index contributed by atoms with van der Waals surface area (Å²) in [5.74, 6) is 0.0566. The molecule has 0 saturated carbocycles. The molecule has 1 aromatic carbocycles. The molecule has 1 aromatic rings. The van der Waals surface area contributed by atoms with Gasteiger partial charge in [0, 0.05) is 44.7 Å². The Hall–Kier alpha value is -1.94. The molecule has 2 aliphatic rings. The highest BCUT2D eigenvalue weighted by Crippen LogP contribution is 2.34. The van der Waals surface area contributed by atoms with Crippen molar-refractivity contribution in [2.45, 2.75) is 50.7 Å². The van der Waals surface area contributed by atoms with Gasteiger partial charge in [0.25, 0.3) is 0 Å². The summed E-state index contributed by atoms with van der Waals surface area (Å²) in [5, 5.41) is 9.75. The van der Waals surface area contributed by atoms with Crippen molar-refractivity contribution in [2.24, 2.45) is 11.8 Å². The number of carbonyl (C=O) groups excluding carboxylic acids is 1. The van der Waals surface area contributed by atoms with Crippen LogP contribution in [0.25, 0.3) is 6.08 Å². The van der Waals surface area contributed by atoms with Crippen LogP contribution in [0, 0.1) is 11.8 Å². The van der Waals surface area contributed by atoms with Crippen LogP contribution >= 0.6 is 0 Å². The molecule has 0 radical (unpaired) electrons. The standard InChI is InChI=1S/C24H36N2O6S/c1-5-6-19-7-8-23-21(13-19)32-22(15-25(4)24(28)20-9-11-31-12-10-20)17(2)14-26(18(3)16-27)33(23,29)30/h5-8,13,17-18,20,22,27H,9-12,14-16H2,1-4H3/b6-5+/t17-,18+,22+/m1/s1. The lowest BCUT2D eigenvalue weighted by atomic mass is 9.97. The molecule has 0 spiro atoms. The van der Waals surface area contributed by atoms with Gasteiger partial charge in [-0.2, -0.15) is 4.31 Å². The molecule has 3 rings (SSSR count). The topological polar surface area (TPSA) is 96.4 Å². The number of allylic oxidation sites excluding steroid dienone is 1. The molecule has 3 atom stereocenters. The van der Waals surface area contributed by atoms with Gasteiger partial charge in [-0.25, -0.2) is 8.42 Å². The summed E-state index contributed by atoms with van der Waals surface area (Å²) >= 11 is 0. The largest absolute Gasteiger partial charge is 0.487 e. The zero-order chi connectivity index (χ0) is 24.2. The van der Waals surface area contributed by atoms with E-state index in [1.165, 1.54) is 4.31 Å². The number of amides is 1. The number of aliphatic hydroxyl groups excluding tert-OH is 1. The number of sulfonamides is 1. The third kappa shape index (κ3) is 5.77. The molecule has 2 heterocycles. The van der Waals surface area contributed by atoms with Gasteiger partial charge in [-0.15, -0.1) is 0 Å². The monoisotopic (exact) mass is 480 g/mol. The Morgan fingerprint density at radius 1 is 1.33 bits per heavy atom. The maximum absolute atomic E-state index is 13.5. The number of rotatable bonds is 6. The number of carbonyl (C=O) groups is 1. The fraction of sp³-hybridized carbons (Fsp3) is 0.625. The third-order valence-corrected chi connectivity index (χ3v) is 8.47. The van der Waals surface area contributed by atoms with Crippen molar-refractivity contribution in [2.75, 3.05) is 40.0 Å². The van der Waals surface area contributed by atoms with Gasteiger partial charge in [0.2, 0.25) is 15.9 Å². The number of nitrogens with zero attached hydrogens (tertiary/aromatic N) is 2. The molecule has 0 aromatic heterocycles. The van der Waals surface area contributed by atoms with E-state index < -0.39 is 22.2 Å². The van der Waals surface area contributed by atoms with Crippen LogP contribution in [-0.4, -0.2) is 80.7 Å². The van der Waals surface area contributed by atoms with E-state index in [0.717, 1.165) is 5.56 Å². The molecule has 0 unspecified atom stereocenters. The Bertz CT molecular complexity index is 958. The minimum absolute atomic E-state index is 0.0623. The van der Waals surface area contributed by atoms with E-state index in [4.69, 9.17) is 9.47 Å². The van der Waals surface area contributed by atoms with Gasteiger partial charge in [0.1, 0.15) is 16.7 Å². The Morgan fingerprint density at radius 3 is 2.67 bits per heavy atom. The molecule has 2 aliphatic heterocycles. The summed E-state index contributed by atoms with van der Waals surface area (Å²) in [7, 11) is -2.10. The fourth-order valence-corrected chi connectivity index (χ4v) is 6.20. The minimum atomic E-state index is -3.87. The number of fused-ring (bicyclic) bond motifs is 1. The van der Waals surface area contributed by atoms with Gasteiger partial charge in [-0.1, -0.05) is 25.1 Å². The number of hydrogen-bond donors (Lipinski definition) is 1. The summed E-state index contributed by atoms with van der Waals surface area (Å²) in [5.41, 5.74) is 0.826. The van der Waals surface area contributed by atoms with Crippen LogP contribution in [0.1, 0.15) is 39.2 Å².